The fourth-order valence-electron chi connectivity index (χ4n) is 3.75. The Balaban J connectivity index is 0.00000210. The highest BCUT2D eigenvalue weighted by Crippen LogP contribution is 2.41. The molecule has 2 aromatic carbocycles. The van der Waals surface area contributed by atoms with Gasteiger partial charge in [-0.25, -0.2) is 0 Å². The molecule has 6 heteroatoms. The first-order valence-electron chi connectivity index (χ1n) is 10.2. The molecule has 4 N–H and O–H groups in total. The molecule has 1 unspecified atom stereocenters. The standard InChI is InChI=1S/C23H32N2O2.2BrH/c26-22-15-19-14-20(21(19)16-23(22)27)17-25-12-7-2-1-6-11-24-13-10-18-8-4-3-5-9-18;;/h3-5,8-9,15-16,20,24-27H,1-2,6-7,10-14,17H2;2*1H. The van der Waals surface area contributed by atoms with E-state index >= 15 is 0 Å². The van der Waals surface area contributed by atoms with Crippen LogP contribution in [0.25, 0.3) is 0 Å². The molecule has 0 fully saturated rings. The number of fused-ring (bicyclic) bond motifs is 1. The Bertz CT molecular complexity index is 714. The maximum Gasteiger partial charge on any atom is 0.157 e. The Morgan fingerprint density at radius 3 is 2.17 bits per heavy atom. The molecule has 0 aromatic heterocycles. The fourth-order valence-corrected chi connectivity index (χ4v) is 3.75. The Labute approximate surface area is 195 Å². The third-order valence-electron chi connectivity index (χ3n) is 5.42. The second kappa shape index (κ2) is 14.0. The lowest BCUT2D eigenvalue weighted by atomic mass is 9.77. The number of phenols is 2. The molecular weight excluding hydrogens is 496 g/mol. The van der Waals surface area contributed by atoms with Crippen LogP contribution in [0.3, 0.4) is 0 Å². The first kappa shape index (κ1) is 26.0. The van der Waals surface area contributed by atoms with Crippen molar-refractivity contribution in [2.75, 3.05) is 26.2 Å². The van der Waals surface area contributed by atoms with E-state index in [1.54, 1.807) is 12.1 Å². The Morgan fingerprint density at radius 1 is 0.793 bits per heavy atom. The molecule has 0 bridgehead atoms. The highest BCUT2D eigenvalue weighted by molar-refractivity contribution is 8.93. The van der Waals surface area contributed by atoms with Gasteiger partial charge < -0.3 is 20.8 Å². The first-order valence-corrected chi connectivity index (χ1v) is 10.2. The number of aromatic hydroxyl groups is 2. The van der Waals surface area contributed by atoms with Crippen LogP contribution in [0.15, 0.2) is 42.5 Å². The third-order valence-corrected chi connectivity index (χ3v) is 5.42. The van der Waals surface area contributed by atoms with Crippen molar-refractivity contribution < 1.29 is 10.2 Å². The number of unbranched alkanes of at least 4 members (excludes halogenated alkanes) is 3. The highest BCUT2D eigenvalue weighted by Gasteiger charge is 2.27. The zero-order chi connectivity index (χ0) is 18.9. The predicted octanol–water partition coefficient (Wildman–Crippen LogP) is 4.88. The van der Waals surface area contributed by atoms with Crippen LogP contribution in [-0.4, -0.2) is 36.4 Å². The highest BCUT2D eigenvalue weighted by atomic mass is 79.9. The lowest BCUT2D eigenvalue weighted by Gasteiger charge is -2.30. The van der Waals surface area contributed by atoms with E-state index in [9.17, 15) is 10.2 Å². The van der Waals surface area contributed by atoms with E-state index in [4.69, 9.17) is 0 Å². The van der Waals surface area contributed by atoms with Crippen LogP contribution in [0.1, 0.15) is 48.3 Å². The van der Waals surface area contributed by atoms with Gasteiger partial charge in [0.1, 0.15) is 0 Å². The van der Waals surface area contributed by atoms with Crippen molar-refractivity contribution >= 4 is 34.0 Å². The van der Waals surface area contributed by atoms with Gasteiger partial charge in [0, 0.05) is 12.5 Å². The molecule has 0 spiro atoms. The van der Waals surface area contributed by atoms with Crippen molar-refractivity contribution in [1.82, 2.24) is 10.6 Å². The summed E-state index contributed by atoms with van der Waals surface area (Å²) in [6.45, 7) is 4.17. The summed E-state index contributed by atoms with van der Waals surface area (Å²) in [7, 11) is 0. The third kappa shape index (κ3) is 8.28. The van der Waals surface area contributed by atoms with Crippen LogP contribution in [0, 0.1) is 0 Å². The number of hydrogen-bond acceptors (Lipinski definition) is 4. The summed E-state index contributed by atoms with van der Waals surface area (Å²) in [5.41, 5.74) is 3.74. The number of halogens is 2. The van der Waals surface area contributed by atoms with E-state index < -0.39 is 0 Å². The maximum atomic E-state index is 9.60. The molecular formula is C23H34Br2N2O2. The van der Waals surface area contributed by atoms with Crippen LogP contribution < -0.4 is 10.6 Å². The van der Waals surface area contributed by atoms with Crippen molar-refractivity contribution in [3.05, 3.63) is 59.2 Å². The number of nitrogens with one attached hydrogen (secondary N) is 2. The number of hydrogen-bond donors (Lipinski definition) is 4. The van der Waals surface area contributed by atoms with Gasteiger partial charge in [-0.1, -0.05) is 43.2 Å². The lowest BCUT2D eigenvalue weighted by molar-refractivity contribution is 0.398. The molecule has 0 saturated heterocycles. The van der Waals surface area contributed by atoms with E-state index in [0.717, 1.165) is 44.6 Å². The van der Waals surface area contributed by atoms with Gasteiger partial charge in [0.05, 0.1) is 0 Å². The van der Waals surface area contributed by atoms with E-state index in [0.29, 0.717) is 5.92 Å². The molecule has 162 valence electrons. The van der Waals surface area contributed by atoms with Crippen LogP contribution >= 0.6 is 34.0 Å². The number of benzene rings is 2. The van der Waals surface area contributed by atoms with Gasteiger partial charge in [-0.2, -0.15) is 0 Å². The average Bonchev–Trinajstić information content (AvgIpc) is 2.68. The van der Waals surface area contributed by atoms with Crippen molar-refractivity contribution in [1.29, 1.82) is 0 Å². The predicted molar refractivity (Wildman–Crippen MR) is 131 cm³/mol. The Morgan fingerprint density at radius 2 is 1.45 bits per heavy atom. The molecule has 0 saturated carbocycles. The van der Waals surface area contributed by atoms with Gasteiger partial charge in [-0.3, -0.25) is 0 Å². The summed E-state index contributed by atoms with van der Waals surface area (Å²) in [6.07, 6.45) is 7.10. The van der Waals surface area contributed by atoms with Gasteiger partial charge in [0.2, 0.25) is 0 Å². The van der Waals surface area contributed by atoms with E-state index in [2.05, 4.69) is 41.0 Å². The molecule has 4 nitrogen and oxygen atoms in total. The second-order valence-electron chi connectivity index (χ2n) is 7.54. The molecule has 1 atom stereocenters. The van der Waals surface area contributed by atoms with Gasteiger partial charge in [0.25, 0.3) is 0 Å². The molecule has 2 aromatic rings. The summed E-state index contributed by atoms with van der Waals surface area (Å²) in [4.78, 5) is 0. The van der Waals surface area contributed by atoms with Crippen LogP contribution in [-0.2, 0) is 12.8 Å². The van der Waals surface area contributed by atoms with Gasteiger partial charge >= 0.3 is 0 Å². The van der Waals surface area contributed by atoms with Crippen molar-refractivity contribution in [3.8, 4) is 11.5 Å². The normalized spacial score (nSPS) is 14.3. The van der Waals surface area contributed by atoms with Crippen molar-refractivity contribution in [3.63, 3.8) is 0 Å². The summed E-state index contributed by atoms with van der Waals surface area (Å²) >= 11 is 0. The van der Waals surface area contributed by atoms with E-state index in [1.807, 2.05) is 0 Å². The first-order chi connectivity index (χ1) is 13.2. The Kier molecular flexibility index (Phi) is 12.5. The lowest BCUT2D eigenvalue weighted by Crippen LogP contribution is -2.29. The van der Waals surface area contributed by atoms with Gasteiger partial charge in [0.15, 0.2) is 11.5 Å². The minimum absolute atomic E-state index is 0. The summed E-state index contributed by atoms with van der Waals surface area (Å²) in [6, 6.07) is 14.0. The molecule has 1 aliphatic carbocycles. The zero-order valence-corrected chi connectivity index (χ0v) is 20.3. The van der Waals surface area contributed by atoms with Crippen LogP contribution in [0.4, 0.5) is 0 Å². The Hall–Kier alpha value is -1.08. The van der Waals surface area contributed by atoms with Gasteiger partial charge in [-0.15, -0.1) is 34.0 Å². The van der Waals surface area contributed by atoms with E-state index in [-0.39, 0.29) is 45.5 Å². The molecule has 0 heterocycles. The zero-order valence-electron chi connectivity index (χ0n) is 16.9. The largest absolute Gasteiger partial charge is 0.504 e. The summed E-state index contributed by atoms with van der Waals surface area (Å²) in [5.74, 6) is 0.464. The summed E-state index contributed by atoms with van der Waals surface area (Å²) < 4.78 is 0. The molecule has 0 radical (unpaired) electrons. The van der Waals surface area contributed by atoms with Crippen molar-refractivity contribution in [2.45, 2.75) is 44.4 Å². The molecule has 1 aliphatic rings. The quantitative estimate of drug-likeness (QED) is 0.234. The average molecular weight is 530 g/mol. The molecule has 3 rings (SSSR count). The van der Waals surface area contributed by atoms with Crippen molar-refractivity contribution in [2.24, 2.45) is 0 Å². The van der Waals surface area contributed by atoms with Crippen LogP contribution in [0.5, 0.6) is 11.5 Å². The fraction of sp³-hybridized carbons (Fsp3) is 0.478. The maximum absolute atomic E-state index is 9.60. The van der Waals surface area contributed by atoms with E-state index in [1.165, 1.54) is 36.8 Å². The smallest absolute Gasteiger partial charge is 0.157 e. The molecule has 0 amide bonds. The molecule has 0 aliphatic heterocycles. The second-order valence-corrected chi connectivity index (χ2v) is 7.54. The topological polar surface area (TPSA) is 64.5 Å². The number of phenolic OH excluding ortho intramolecular Hbond substituents is 2. The summed E-state index contributed by atoms with van der Waals surface area (Å²) in [5, 5.41) is 26.2. The SMILES string of the molecule is Br.Br.Oc1cc2c(cc1O)C(CNCCCCCCNCCc1ccccc1)C2. The minimum atomic E-state index is -0.00489. The minimum Gasteiger partial charge on any atom is -0.504 e. The molecule has 29 heavy (non-hydrogen) atoms. The monoisotopic (exact) mass is 528 g/mol. The van der Waals surface area contributed by atoms with Crippen LogP contribution in [0.2, 0.25) is 0 Å². The number of rotatable bonds is 12. The van der Waals surface area contributed by atoms with Gasteiger partial charge in [-0.05, 0) is 74.1 Å².